The number of hydrogen-bond acceptors (Lipinski definition) is 5. The van der Waals surface area contributed by atoms with Crippen LogP contribution in [0.2, 0.25) is 0 Å². The van der Waals surface area contributed by atoms with E-state index in [2.05, 4.69) is 46.3 Å². The normalized spacial score (nSPS) is 11.3. The molecule has 0 radical (unpaired) electrons. The number of hydrogen-bond donors (Lipinski definition) is 2. The van der Waals surface area contributed by atoms with Crippen LogP contribution in [-0.4, -0.2) is 26.1 Å². The first-order valence-corrected chi connectivity index (χ1v) is 10.8. The second-order valence-corrected chi connectivity index (χ2v) is 8.96. The van der Waals surface area contributed by atoms with Gasteiger partial charge in [-0.15, -0.1) is 0 Å². The lowest BCUT2D eigenvalue weighted by Crippen LogP contribution is -2.16. The van der Waals surface area contributed by atoms with Crippen molar-refractivity contribution in [2.75, 3.05) is 5.32 Å². The first kappa shape index (κ1) is 23.0. The van der Waals surface area contributed by atoms with E-state index in [1.807, 2.05) is 12.1 Å². The SMILES string of the molecule is CC(C)(C)c1ccc(C(=O)Nc2cc(-c3cc(Cc4ccncn4)c(=O)[nH]n3)ccc2F)cc1. The van der Waals surface area contributed by atoms with Crippen molar-refractivity contribution in [3.05, 3.63) is 106 Å². The van der Waals surface area contributed by atoms with Crippen LogP contribution >= 0.6 is 0 Å². The fraction of sp³-hybridized carbons (Fsp3) is 0.192. The molecule has 7 nitrogen and oxygen atoms in total. The zero-order valence-electron chi connectivity index (χ0n) is 19.1. The van der Waals surface area contributed by atoms with Gasteiger partial charge in [0.1, 0.15) is 12.1 Å². The van der Waals surface area contributed by atoms with Crippen molar-refractivity contribution in [2.24, 2.45) is 0 Å². The van der Waals surface area contributed by atoms with E-state index in [1.165, 1.54) is 24.5 Å². The minimum atomic E-state index is -0.575. The average Bonchev–Trinajstić information content (AvgIpc) is 2.82. The van der Waals surface area contributed by atoms with Gasteiger partial charge in [0.15, 0.2) is 0 Å². The van der Waals surface area contributed by atoms with Crippen LogP contribution in [0.15, 0.2) is 71.9 Å². The maximum atomic E-state index is 14.5. The molecule has 0 saturated carbocycles. The fourth-order valence-corrected chi connectivity index (χ4v) is 3.44. The topological polar surface area (TPSA) is 101 Å². The van der Waals surface area contributed by atoms with Crippen LogP contribution in [-0.2, 0) is 11.8 Å². The highest BCUT2D eigenvalue weighted by atomic mass is 19.1. The van der Waals surface area contributed by atoms with E-state index in [4.69, 9.17) is 0 Å². The first-order valence-electron chi connectivity index (χ1n) is 10.8. The summed E-state index contributed by atoms with van der Waals surface area (Å²) in [6.45, 7) is 6.27. The van der Waals surface area contributed by atoms with Gasteiger partial charge >= 0.3 is 0 Å². The molecule has 0 atom stereocenters. The summed E-state index contributed by atoms with van der Waals surface area (Å²) in [6.07, 6.45) is 3.31. The molecule has 2 aromatic carbocycles. The number of carbonyl (C=O) groups is 1. The molecule has 4 rings (SSSR count). The zero-order valence-corrected chi connectivity index (χ0v) is 19.1. The lowest BCUT2D eigenvalue weighted by atomic mass is 9.87. The Balaban J connectivity index is 1.58. The summed E-state index contributed by atoms with van der Waals surface area (Å²) in [5, 5.41) is 9.19. The first-order chi connectivity index (χ1) is 16.2. The minimum absolute atomic E-state index is 0.0211. The van der Waals surface area contributed by atoms with Crippen LogP contribution in [0.4, 0.5) is 10.1 Å². The van der Waals surface area contributed by atoms with Crippen LogP contribution in [0, 0.1) is 5.82 Å². The fourth-order valence-electron chi connectivity index (χ4n) is 3.44. The van der Waals surface area contributed by atoms with E-state index >= 15 is 0 Å². The van der Waals surface area contributed by atoms with E-state index in [9.17, 15) is 14.0 Å². The lowest BCUT2D eigenvalue weighted by molar-refractivity contribution is 0.102. The van der Waals surface area contributed by atoms with Crippen molar-refractivity contribution in [1.29, 1.82) is 0 Å². The molecule has 8 heteroatoms. The van der Waals surface area contributed by atoms with Crippen LogP contribution < -0.4 is 10.9 Å². The second-order valence-electron chi connectivity index (χ2n) is 8.96. The van der Waals surface area contributed by atoms with Crippen molar-refractivity contribution in [1.82, 2.24) is 20.2 Å². The Labute approximate surface area is 196 Å². The molecule has 0 saturated heterocycles. The number of benzene rings is 2. The Morgan fingerprint density at radius 2 is 1.82 bits per heavy atom. The highest BCUT2D eigenvalue weighted by Gasteiger charge is 2.16. The summed E-state index contributed by atoms with van der Waals surface area (Å²) >= 11 is 0. The van der Waals surface area contributed by atoms with Crippen molar-refractivity contribution < 1.29 is 9.18 Å². The molecular weight excluding hydrogens is 433 g/mol. The summed E-state index contributed by atoms with van der Waals surface area (Å²) in [5.74, 6) is -0.996. The molecule has 0 spiro atoms. The number of amides is 1. The van der Waals surface area contributed by atoms with Gasteiger partial charge in [-0.3, -0.25) is 9.59 Å². The average molecular weight is 458 g/mol. The number of aromatic amines is 1. The van der Waals surface area contributed by atoms with E-state index in [0.717, 1.165) is 5.56 Å². The summed E-state index contributed by atoms with van der Waals surface area (Å²) in [4.78, 5) is 33.0. The van der Waals surface area contributed by atoms with Gasteiger partial charge in [-0.25, -0.2) is 19.5 Å². The Morgan fingerprint density at radius 3 is 2.50 bits per heavy atom. The molecule has 4 aromatic rings. The molecule has 2 heterocycles. The van der Waals surface area contributed by atoms with E-state index in [-0.39, 0.29) is 16.7 Å². The third-order valence-corrected chi connectivity index (χ3v) is 5.42. The third kappa shape index (κ3) is 5.23. The van der Waals surface area contributed by atoms with E-state index < -0.39 is 11.7 Å². The summed E-state index contributed by atoms with van der Waals surface area (Å²) in [7, 11) is 0. The van der Waals surface area contributed by atoms with Crippen LogP contribution in [0.3, 0.4) is 0 Å². The molecule has 0 aliphatic carbocycles. The molecule has 0 aliphatic heterocycles. The molecule has 34 heavy (non-hydrogen) atoms. The monoisotopic (exact) mass is 457 g/mol. The van der Waals surface area contributed by atoms with Crippen LogP contribution in [0.25, 0.3) is 11.3 Å². The predicted octanol–water partition coefficient (Wildman–Crippen LogP) is 4.51. The molecule has 2 aromatic heterocycles. The molecule has 0 bridgehead atoms. The number of H-pyrrole nitrogens is 1. The number of aromatic nitrogens is 4. The maximum Gasteiger partial charge on any atom is 0.267 e. The number of carbonyl (C=O) groups excluding carboxylic acids is 1. The van der Waals surface area contributed by atoms with Gasteiger partial charge in [-0.2, -0.15) is 5.10 Å². The van der Waals surface area contributed by atoms with Gasteiger partial charge in [-0.1, -0.05) is 32.9 Å². The maximum absolute atomic E-state index is 14.5. The number of nitrogens with one attached hydrogen (secondary N) is 2. The van der Waals surface area contributed by atoms with Crippen molar-refractivity contribution in [2.45, 2.75) is 32.6 Å². The zero-order chi connectivity index (χ0) is 24.3. The van der Waals surface area contributed by atoms with Crippen molar-refractivity contribution in [3.8, 4) is 11.3 Å². The van der Waals surface area contributed by atoms with Gasteiger partial charge in [0.05, 0.1) is 11.4 Å². The Bertz CT molecular complexity index is 1380. The quantitative estimate of drug-likeness (QED) is 0.459. The molecule has 172 valence electrons. The number of anilines is 1. The van der Waals surface area contributed by atoms with Gasteiger partial charge in [0, 0.05) is 35.0 Å². The number of halogens is 1. The third-order valence-electron chi connectivity index (χ3n) is 5.42. The van der Waals surface area contributed by atoms with E-state index in [0.29, 0.717) is 34.5 Å². The Kier molecular flexibility index (Phi) is 6.32. The van der Waals surface area contributed by atoms with Crippen LogP contribution in [0.1, 0.15) is 48.0 Å². The summed E-state index contributed by atoms with van der Waals surface area (Å²) < 4.78 is 14.5. The molecule has 0 aliphatic rings. The van der Waals surface area contributed by atoms with Crippen LogP contribution in [0.5, 0.6) is 0 Å². The van der Waals surface area contributed by atoms with Gasteiger partial charge < -0.3 is 5.32 Å². The minimum Gasteiger partial charge on any atom is -0.319 e. The summed E-state index contributed by atoms with van der Waals surface area (Å²) in [6, 6.07) is 14.9. The van der Waals surface area contributed by atoms with Gasteiger partial charge in [-0.05, 0) is 53.4 Å². The number of nitrogens with zero attached hydrogens (tertiary/aromatic N) is 3. The second kappa shape index (κ2) is 9.35. The van der Waals surface area contributed by atoms with Crippen molar-refractivity contribution >= 4 is 11.6 Å². The molecule has 0 unspecified atom stereocenters. The molecule has 0 fully saturated rings. The molecule has 2 N–H and O–H groups in total. The summed E-state index contributed by atoms with van der Waals surface area (Å²) in [5.41, 5.74) is 3.29. The smallest absolute Gasteiger partial charge is 0.267 e. The highest BCUT2D eigenvalue weighted by Crippen LogP contribution is 2.25. The Hall–Kier alpha value is -4.20. The molecular formula is C26H24FN5O2. The number of rotatable bonds is 5. The lowest BCUT2D eigenvalue weighted by Gasteiger charge is -2.19. The Morgan fingerprint density at radius 1 is 1.06 bits per heavy atom. The highest BCUT2D eigenvalue weighted by molar-refractivity contribution is 6.04. The largest absolute Gasteiger partial charge is 0.319 e. The standard InChI is InChI=1S/C26H24FN5O2/c1-26(2,3)19-7-4-16(5-8-19)24(33)30-23-13-17(6-9-21(23)27)22-14-18(25(34)32-31-22)12-20-10-11-28-15-29-20/h4-11,13-15H,12H2,1-3H3,(H,30,33)(H,32,34). The van der Waals surface area contributed by atoms with E-state index in [1.54, 1.807) is 30.5 Å². The predicted molar refractivity (Wildman–Crippen MR) is 128 cm³/mol. The van der Waals surface area contributed by atoms with Gasteiger partial charge in [0.25, 0.3) is 11.5 Å². The van der Waals surface area contributed by atoms with Gasteiger partial charge in [0.2, 0.25) is 0 Å². The molecule has 1 amide bonds. The van der Waals surface area contributed by atoms with Crippen molar-refractivity contribution in [3.63, 3.8) is 0 Å².